The molecule has 0 aromatic heterocycles. The monoisotopic (exact) mass is 181 g/mol. The summed E-state index contributed by atoms with van der Waals surface area (Å²) in [6.45, 7) is 2.74. The fourth-order valence-corrected chi connectivity index (χ4v) is 1.20. The lowest BCUT2D eigenvalue weighted by molar-refractivity contribution is -0.106. The molecule has 0 heterocycles. The summed E-state index contributed by atoms with van der Waals surface area (Å²) < 4.78 is 13.2. The van der Waals surface area contributed by atoms with Gasteiger partial charge in [0, 0.05) is 6.54 Å². The molecule has 3 heteroatoms. The molecule has 0 aliphatic carbocycles. The van der Waals surface area contributed by atoms with Crippen molar-refractivity contribution in [3.63, 3.8) is 0 Å². The van der Waals surface area contributed by atoms with Crippen molar-refractivity contribution in [2.24, 2.45) is 0 Å². The van der Waals surface area contributed by atoms with Gasteiger partial charge in [-0.2, -0.15) is 0 Å². The first kappa shape index (κ1) is 9.71. The molecule has 0 radical (unpaired) electrons. The van der Waals surface area contributed by atoms with Crippen molar-refractivity contribution in [2.45, 2.75) is 6.92 Å². The highest BCUT2D eigenvalue weighted by atomic mass is 19.1. The van der Waals surface area contributed by atoms with E-state index >= 15 is 0 Å². The number of carbonyl (C=O) groups excluding carboxylic acids is 1. The molecule has 0 aliphatic heterocycles. The van der Waals surface area contributed by atoms with Crippen molar-refractivity contribution in [2.75, 3.05) is 18.0 Å². The Morgan fingerprint density at radius 2 is 2.15 bits per heavy atom. The van der Waals surface area contributed by atoms with Gasteiger partial charge in [-0.3, -0.25) is 0 Å². The highest BCUT2D eigenvalue weighted by Crippen LogP contribution is 2.17. The van der Waals surface area contributed by atoms with Gasteiger partial charge in [-0.25, -0.2) is 4.39 Å². The largest absolute Gasteiger partial charge is 0.362 e. The van der Waals surface area contributed by atoms with E-state index in [1.807, 2.05) is 6.92 Å². The number of likely N-dealkylation sites (N-methyl/N-ethyl adjacent to an activating group) is 1. The standard InChI is InChI=1S/C10H12FNO/c1-2-12(7-8-13)10-6-4-3-5-9(10)11/h3-6,8H,2,7H2,1H3. The molecule has 0 N–H and O–H groups in total. The van der Waals surface area contributed by atoms with E-state index in [-0.39, 0.29) is 12.4 Å². The van der Waals surface area contributed by atoms with Gasteiger partial charge in [-0.15, -0.1) is 0 Å². The van der Waals surface area contributed by atoms with Crippen LogP contribution in [0.4, 0.5) is 10.1 Å². The van der Waals surface area contributed by atoms with E-state index in [0.717, 1.165) is 6.29 Å². The molecule has 0 amide bonds. The van der Waals surface area contributed by atoms with Crippen LogP contribution in [0.5, 0.6) is 0 Å². The van der Waals surface area contributed by atoms with E-state index in [4.69, 9.17) is 0 Å². The fourth-order valence-electron chi connectivity index (χ4n) is 1.20. The summed E-state index contributed by atoms with van der Waals surface area (Å²) in [6, 6.07) is 6.45. The quantitative estimate of drug-likeness (QED) is 0.661. The Kier molecular flexibility index (Phi) is 3.43. The second-order valence-corrected chi connectivity index (χ2v) is 2.66. The van der Waals surface area contributed by atoms with Crippen molar-refractivity contribution in [3.05, 3.63) is 30.1 Å². The number of carbonyl (C=O) groups is 1. The number of aldehydes is 1. The lowest BCUT2D eigenvalue weighted by atomic mass is 10.2. The minimum absolute atomic E-state index is 0.234. The van der Waals surface area contributed by atoms with Crippen LogP contribution >= 0.6 is 0 Å². The number of nitrogens with zero attached hydrogens (tertiary/aromatic N) is 1. The van der Waals surface area contributed by atoms with Gasteiger partial charge in [-0.05, 0) is 19.1 Å². The number of rotatable bonds is 4. The van der Waals surface area contributed by atoms with Crippen LogP contribution in [0, 0.1) is 5.82 Å². The zero-order valence-electron chi connectivity index (χ0n) is 7.53. The van der Waals surface area contributed by atoms with Gasteiger partial charge < -0.3 is 9.69 Å². The van der Waals surface area contributed by atoms with E-state index in [0.29, 0.717) is 12.2 Å². The van der Waals surface area contributed by atoms with Crippen LogP contribution in [0.25, 0.3) is 0 Å². The van der Waals surface area contributed by atoms with Crippen molar-refractivity contribution in [1.82, 2.24) is 0 Å². The third kappa shape index (κ3) is 2.28. The molecule has 0 spiro atoms. The van der Waals surface area contributed by atoms with Crippen molar-refractivity contribution in [3.8, 4) is 0 Å². The van der Waals surface area contributed by atoms with E-state index in [2.05, 4.69) is 0 Å². The average molecular weight is 181 g/mol. The first-order chi connectivity index (χ1) is 6.29. The summed E-state index contributed by atoms with van der Waals surface area (Å²) in [4.78, 5) is 12.0. The second-order valence-electron chi connectivity index (χ2n) is 2.66. The Balaban J connectivity index is 2.90. The van der Waals surface area contributed by atoms with Gasteiger partial charge in [0.25, 0.3) is 0 Å². The molecular weight excluding hydrogens is 169 g/mol. The number of hydrogen-bond donors (Lipinski definition) is 0. The highest BCUT2D eigenvalue weighted by molar-refractivity contribution is 5.61. The highest BCUT2D eigenvalue weighted by Gasteiger charge is 2.07. The fraction of sp³-hybridized carbons (Fsp3) is 0.300. The van der Waals surface area contributed by atoms with E-state index in [1.165, 1.54) is 6.07 Å². The van der Waals surface area contributed by atoms with Crippen molar-refractivity contribution >= 4 is 12.0 Å². The van der Waals surface area contributed by atoms with Crippen molar-refractivity contribution < 1.29 is 9.18 Å². The number of benzene rings is 1. The van der Waals surface area contributed by atoms with Crippen LogP contribution < -0.4 is 4.90 Å². The summed E-state index contributed by atoms with van der Waals surface area (Å²) in [5, 5.41) is 0. The van der Waals surface area contributed by atoms with E-state index < -0.39 is 0 Å². The molecule has 1 aromatic carbocycles. The predicted molar refractivity (Wildman–Crippen MR) is 50.4 cm³/mol. The maximum absolute atomic E-state index is 13.2. The molecule has 0 saturated carbocycles. The van der Waals surface area contributed by atoms with Crippen molar-refractivity contribution in [1.29, 1.82) is 0 Å². The van der Waals surface area contributed by atoms with Crippen LogP contribution in [0.1, 0.15) is 6.92 Å². The number of anilines is 1. The Bertz CT molecular complexity index is 288. The molecule has 0 fully saturated rings. The van der Waals surface area contributed by atoms with Crippen LogP contribution in [0.3, 0.4) is 0 Å². The van der Waals surface area contributed by atoms with Crippen LogP contribution in [0.2, 0.25) is 0 Å². The summed E-state index contributed by atoms with van der Waals surface area (Å²) in [7, 11) is 0. The molecular formula is C10H12FNO. The molecule has 0 saturated heterocycles. The summed E-state index contributed by atoms with van der Waals surface area (Å²) in [6.07, 6.45) is 0.774. The third-order valence-corrected chi connectivity index (χ3v) is 1.87. The molecule has 13 heavy (non-hydrogen) atoms. The minimum atomic E-state index is -0.286. The second kappa shape index (κ2) is 4.60. The minimum Gasteiger partial charge on any atom is -0.362 e. The van der Waals surface area contributed by atoms with Gasteiger partial charge in [0.2, 0.25) is 0 Å². The average Bonchev–Trinajstić information content (AvgIpc) is 2.16. The molecule has 70 valence electrons. The van der Waals surface area contributed by atoms with Crippen LogP contribution in [0.15, 0.2) is 24.3 Å². The Labute approximate surface area is 77.0 Å². The Hall–Kier alpha value is -1.38. The normalized spacial score (nSPS) is 9.69. The lowest BCUT2D eigenvalue weighted by Gasteiger charge is -2.20. The zero-order valence-corrected chi connectivity index (χ0v) is 7.53. The number of halogens is 1. The first-order valence-electron chi connectivity index (χ1n) is 4.22. The Morgan fingerprint density at radius 3 is 2.69 bits per heavy atom. The maximum Gasteiger partial charge on any atom is 0.146 e. The summed E-state index contributed by atoms with van der Waals surface area (Å²) in [5.74, 6) is -0.286. The molecule has 0 aliphatic rings. The van der Waals surface area contributed by atoms with Gasteiger partial charge in [0.1, 0.15) is 12.1 Å². The van der Waals surface area contributed by atoms with Crippen LogP contribution in [-0.2, 0) is 4.79 Å². The zero-order chi connectivity index (χ0) is 9.68. The SMILES string of the molecule is CCN(CC=O)c1ccccc1F. The Morgan fingerprint density at radius 1 is 1.46 bits per heavy atom. The lowest BCUT2D eigenvalue weighted by Crippen LogP contribution is -2.25. The predicted octanol–water partition coefficient (Wildman–Crippen LogP) is 1.85. The smallest absolute Gasteiger partial charge is 0.146 e. The van der Waals surface area contributed by atoms with Gasteiger partial charge in [0.15, 0.2) is 0 Å². The van der Waals surface area contributed by atoms with E-state index in [1.54, 1.807) is 23.1 Å². The van der Waals surface area contributed by atoms with Gasteiger partial charge in [-0.1, -0.05) is 12.1 Å². The third-order valence-electron chi connectivity index (χ3n) is 1.87. The summed E-state index contributed by atoms with van der Waals surface area (Å²) in [5.41, 5.74) is 0.483. The summed E-state index contributed by atoms with van der Waals surface area (Å²) >= 11 is 0. The molecule has 2 nitrogen and oxygen atoms in total. The molecule has 1 rings (SSSR count). The van der Waals surface area contributed by atoms with Gasteiger partial charge >= 0.3 is 0 Å². The molecule has 1 aromatic rings. The molecule has 0 bridgehead atoms. The maximum atomic E-state index is 13.2. The number of hydrogen-bond acceptors (Lipinski definition) is 2. The molecule has 0 atom stereocenters. The first-order valence-corrected chi connectivity index (χ1v) is 4.22. The van der Waals surface area contributed by atoms with E-state index in [9.17, 15) is 9.18 Å². The van der Waals surface area contributed by atoms with Gasteiger partial charge in [0.05, 0.1) is 12.2 Å². The van der Waals surface area contributed by atoms with Crippen LogP contribution in [-0.4, -0.2) is 19.4 Å². The topological polar surface area (TPSA) is 20.3 Å². The number of para-hydroxylation sites is 1. The molecule has 0 unspecified atom stereocenters.